The van der Waals surface area contributed by atoms with Crippen LogP contribution < -0.4 is 10.6 Å². The molecule has 0 bridgehead atoms. The number of carbonyl (C=O) groups is 1. The summed E-state index contributed by atoms with van der Waals surface area (Å²) in [5.41, 5.74) is 2.07. The van der Waals surface area contributed by atoms with Gasteiger partial charge in [0.05, 0.1) is 29.4 Å². The Kier molecular flexibility index (Phi) is 7.15. The van der Waals surface area contributed by atoms with Crippen molar-refractivity contribution in [2.24, 2.45) is 0 Å². The van der Waals surface area contributed by atoms with Gasteiger partial charge in [-0.3, -0.25) is 4.79 Å². The molecule has 2 N–H and O–H groups in total. The van der Waals surface area contributed by atoms with Crippen LogP contribution in [0.2, 0.25) is 0 Å². The molecule has 1 aliphatic rings. The first-order valence-electron chi connectivity index (χ1n) is 10.6. The summed E-state index contributed by atoms with van der Waals surface area (Å²) >= 11 is 0. The highest BCUT2D eigenvalue weighted by molar-refractivity contribution is 7.89. The first-order valence-corrected chi connectivity index (χ1v) is 12.1. The molecular formula is C23H24FN5O4S. The number of benzene rings is 2. The van der Waals surface area contributed by atoms with E-state index in [0.717, 1.165) is 5.56 Å². The Hall–Kier alpha value is -3.41. The lowest BCUT2D eigenvalue weighted by Gasteiger charge is -2.26. The molecule has 178 valence electrons. The zero-order valence-corrected chi connectivity index (χ0v) is 19.3. The van der Waals surface area contributed by atoms with Gasteiger partial charge in [-0.1, -0.05) is 12.1 Å². The van der Waals surface area contributed by atoms with E-state index in [1.54, 1.807) is 31.2 Å². The average molecular weight is 486 g/mol. The number of halogens is 1. The maximum absolute atomic E-state index is 13.0. The third-order valence-electron chi connectivity index (χ3n) is 5.31. The smallest absolute Gasteiger partial charge is 0.259 e. The van der Waals surface area contributed by atoms with Gasteiger partial charge in [0.25, 0.3) is 5.91 Å². The fraction of sp³-hybridized carbons (Fsp3) is 0.261. The van der Waals surface area contributed by atoms with Crippen molar-refractivity contribution in [3.63, 3.8) is 0 Å². The molecule has 3 aromatic rings. The summed E-state index contributed by atoms with van der Waals surface area (Å²) in [4.78, 5) is 21.4. The molecule has 0 saturated carbocycles. The average Bonchev–Trinajstić information content (AvgIpc) is 2.84. The van der Waals surface area contributed by atoms with Crippen molar-refractivity contribution >= 4 is 27.6 Å². The number of aryl methyl sites for hydroxylation is 1. The van der Waals surface area contributed by atoms with E-state index >= 15 is 0 Å². The standard InChI is InChI=1S/C23H24FN5O4S/c1-16-21(15-26-23(27-16)25-14-17-2-4-18(24)5-3-17)22(30)28-19-6-8-20(9-7-19)34(31,32)29-10-12-33-13-11-29/h2-9,15H,10-14H2,1H3,(H,28,30)(H,25,26,27). The van der Waals surface area contributed by atoms with Crippen LogP contribution in [0.15, 0.2) is 59.6 Å². The normalized spacial score (nSPS) is 14.5. The zero-order chi connectivity index (χ0) is 24.1. The second-order valence-corrected chi connectivity index (χ2v) is 9.61. The van der Waals surface area contributed by atoms with Gasteiger partial charge in [-0.05, 0) is 48.9 Å². The van der Waals surface area contributed by atoms with Crippen LogP contribution in [0.5, 0.6) is 0 Å². The molecule has 2 aromatic carbocycles. The molecule has 9 nitrogen and oxygen atoms in total. The van der Waals surface area contributed by atoms with Crippen molar-refractivity contribution in [3.8, 4) is 0 Å². The third kappa shape index (κ3) is 5.56. The summed E-state index contributed by atoms with van der Waals surface area (Å²) in [6.07, 6.45) is 1.42. The highest BCUT2D eigenvalue weighted by Crippen LogP contribution is 2.20. The number of nitrogens with zero attached hydrogens (tertiary/aromatic N) is 3. The van der Waals surface area contributed by atoms with E-state index in [1.807, 2.05) is 0 Å². The number of amides is 1. The fourth-order valence-corrected chi connectivity index (χ4v) is 4.81. The highest BCUT2D eigenvalue weighted by atomic mass is 32.2. The topological polar surface area (TPSA) is 114 Å². The number of anilines is 2. The third-order valence-corrected chi connectivity index (χ3v) is 7.22. The molecular weight excluding hydrogens is 461 g/mol. The summed E-state index contributed by atoms with van der Waals surface area (Å²) in [6.45, 7) is 3.47. The Morgan fingerprint density at radius 3 is 2.41 bits per heavy atom. The number of rotatable bonds is 7. The first-order chi connectivity index (χ1) is 16.3. The van der Waals surface area contributed by atoms with Crippen LogP contribution in [-0.4, -0.2) is 54.9 Å². The molecule has 1 fully saturated rings. The minimum absolute atomic E-state index is 0.156. The van der Waals surface area contributed by atoms with Gasteiger partial charge in [0.15, 0.2) is 0 Å². The lowest BCUT2D eigenvalue weighted by Crippen LogP contribution is -2.40. The molecule has 1 amide bonds. The first kappa shape index (κ1) is 23.7. The van der Waals surface area contributed by atoms with Crippen molar-refractivity contribution in [2.45, 2.75) is 18.4 Å². The minimum Gasteiger partial charge on any atom is -0.379 e. The minimum atomic E-state index is -3.60. The van der Waals surface area contributed by atoms with Crippen molar-refractivity contribution in [2.75, 3.05) is 36.9 Å². The number of hydrogen-bond acceptors (Lipinski definition) is 7. The Morgan fingerprint density at radius 2 is 1.76 bits per heavy atom. The molecule has 0 spiro atoms. The summed E-state index contributed by atoms with van der Waals surface area (Å²) in [5, 5.41) is 5.78. The Balaban J connectivity index is 1.38. The molecule has 4 rings (SSSR count). The molecule has 34 heavy (non-hydrogen) atoms. The van der Waals surface area contributed by atoms with Crippen molar-refractivity contribution in [3.05, 3.63) is 77.4 Å². The van der Waals surface area contributed by atoms with E-state index in [9.17, 15) is 17.6 Å². The van der Waals surface area contributed by atoms with Gasteiger partial charge >= 0.3 is 0 Å². The Bertz CT molecular complexity index is 1260. The molecule has 11 heteroatoms. The van der Waals surface area contributed by atoms with Gasteiger partial charge < -0.3 is 15.4 Å². The number of hydrogen-bond donors (Lipinski definition) is 2. The summed E-state index contributed by atoms with van der Waals surface area (Å²) < 4.78 is 45.1. The SMILES string of the molecule is Cc1nc(NCc2ccc(F)cc2)ncc1C(=O)Nc1ccc(S(=O)(=O)N2CCOCC2)cc1. The molecule has 1 saturated heterocycles. The van der Waals surface area contributed by atoms with Crippen molar-refractivity contribution in [1.29, 1.82) is 0 Å². The van der Waals surface area contributed by atoms with Crippen LogP contribution in [0.25, 0.3) is 0 Å². The predicted octanol–water partition coefficient (Wildman–Crippen LogP) is 2.81. The van der Waals surface area contributed by atoms with Gasteiger partial charge in [-0.15, -0.1) is 0 Å². The van der Waals surface area contributed by atoms with Crippen molar-refractivity contribution in [1.82, 2.24) is 14.3 Å². The van der Waals surface area contributed by atoms with Crippen LogP contribution in [-0.2, 0) is 21.3 Å². The van der Waals surface area contributed by atoms with Crippen LogP contribution in [0, 0.1) is 12.7 Å². The lowest BCUT2D eigenvalue weighted by atomic mass is 10.2. The van der Waals surface area contributed by atoms with E-state index in [-0.39, 0.29) is 16.3 Å². The van der Waals surface area contributed by atoms with E-state index in [4.69, 9.17) is 4.74 Å². The van der Waals surface area contributed by atoms with Crippen LogP contribution in [0.3, 0.4) is 0 Å². The van der Waals surface area contributed by atoms with Gasteiger partial charge in [0.2, 0.25) is 16.0 Å². The van der Waals surface area contributed by atoms with Gasteiger partial charge in [0.1, 0.15) is 5.82 Å². The van der Waals surface area contributed by atoms with Crippen LogP contribution in [0.4, 0.5) is 16.0 Å². The maximum Gasteiger partial charge on any atom is 0.259 e. The van der Waals surface area contributed by atoms with Gasteiger partial charge in [0, 0.05) is 31.5 Å². The molecule has 0 atom stereocenters. The highest BCUT2D eigenvalue weighted by Gasteiger charge is 2.26. The fourth-order valence-electron chi connectivity index (χ4n) is 3.40. The van der Waals surface area contributed by atoms with E-state index < -0.39 is 15.9 Å². The maximum atomic E-state index is 13.0. The Labute approximate surface area is 197 Å². The monoisotopic (exact) mass is 485 g/mol. The number of nitrogens with one attached hydrogen (secondary N) is 2. The lowest BCUT2D eigenvalue weighted by molar-refractivity contribution is 0.0730. The zero-order valence-electron chi connectivity index (χ0n) is 18.5. The number of morpholine rings is 1. The van der Waals surface area contributed by atoms with Crippen molar-refractivity contribution < 1.29 is 22.3 Å². The second kappa shape index (κ2) is 10.2. The van der Waals surface area contributed by atoms with E-state index in [1.165, 1.54) is 34.8 Å². The summed E-state index contributed by atoms with van der Waals surface area (Å²) in [6, 6.07) is 12.1. The molecule has 2 heterocycles. The summed E-state index contributed by atoms with van der Waals surface area (Å²) in [7, 11) is -3.60. The molecule has 1 aliphatic heterocycles. The number of ether oxygens (including phenoxy) is 1. The molecule has 0 unspecified atom stereocenters. The molecule has 0 radical (unpaired) electrons. The largest absolute Gasteiger partial charge is 0.379 e. The molecule has 1 aromatic heterocycles. The predicted molar refractivity (Wildman–Crippen MR) is 124 cm³/mol. The number of sulfonamides is 1. The van der Waals surface area contributed by atoms with Gasteiger partial charge in [-0.2, -0.15) is 4.31 Å². The van der Waals surface area contributed by atoms with Crippen LogP contribution >= 0.6 is 0 Å². The number of carbonyl (C=O) groups excluding carboxylic acids is 1. The quantitative estimate of drug-likeness (QED) is 0.529. The number of aromatic nitrogens is 2. The van der Waals surface area contributed by atoms with Gasteiger partial charge in [-0.25, -0.2) is 22.8 Å². The molecule has 0 aliphatic carbocycles. The Morgan fingerprint density at radius 1 is 1.09 bits per heavy atom. The second-order valence-electron chi connectivity index (χ2n) is 7.67. The van der Waals surface area contributed by atoms with Crippen LogP contribution in [0.1, 0.15) is 21.6 Å². The van der Waals surface area contributed by atoms with E-state index in [2.05, 4.69) is 20.6 Å². The van der Waals surface area contributed by atoms with E-state index in [0.29, 0.717) is 50.2 Å². The summed E-state index contributed by atoms with van der Waals surface area (Å²) in [5.74, 6) is -0.373.